The van der Waals surface area contributed by atoms with Gasteiger partial charge in [0, 0.05) is 22.3 Å². The third kappa shape index (κ3) is 1.73. The molecule has 0 atom stereocenters. The van der Waals surface area contributed by atoms with Crippen molar-refractivity contribution in [3.63, 3.8) is 0 Å². The van der Waals surface area contributed by atoms with E-state index in [1.165, 1.54) is 0 Å². The van der Waals surface area contributed by atoms with Gasteiger partial charge in [0.05, 0.1) is 0 Å². The zero-order chi connectivity index (χ0) is 9.26. The summed E-state index contributed by atoms with van der Waals surface area (Å²) in [5.41, 5.74) is 2.79. The monoisotopic (exact) mass is 191 g/mol. The Morgan fingerprint density at radius 2 is 2.00 bits per heavy atom. The summed E-state index contributed by atoms with van der Waals surface area (Å²) in [6.45, 7) is 1.92. The predicted molar refractivity (Wildman–Crippen MR) is 52.6 cm³/mol. The molecule has 1 radical (unpaired) electrons. The fraction of sp³-hybridized carbons (Fsp3) is 0.100. The van der Waals surface area contributed by atoms with Gasteiger partial charge in [-0.2, -0.15) is 5.10 Å². The van der Waals surface area contributed by atoms with Gasteiger partial charge in [-0.1, -0.05) is 23.7 Å². The van der Waals surface area contributed by atoms with Crippen LogP contribution in [0.1, 0.15) is 5.69 Å². The van der Waals surface area contributed by atoms with Crippen molar-refractivity contribution >= 4 is 11.6 Å². The lowest BCUT2D eigenvalue weighted by Crippen LogP contribution is -1.76. The van der Waals surface area contributed by atoms with Gasteiger partial charge in [-0.05, 0) is 19.1 Å². The van der Waals surface area contributed by atoms with Gasteiger partial charge >= 0.3 is 0 Å². The first-order chi connectivity index (χ1) is 6.25. The number of nitrogens with zero attached hydrogens (tertiary/aromatic N) is 1. The van der Waals surface area contributed by atoms with Crippen LogP contribution in [0.3, 0.4) is 0 Å². The molecule has 1 heterocycles. The van der Waals surface area contributed by atoms with Crippen LogP contribution < -0.4 is 0 Å². The summed E-state index contributed by atoms with van der Waals surface area (Å²) >= 11 is 5.77. The van der Waals surface area contributed by atoms with E-state index in [0.717, 1.165) is 22.0 Å². The van der Waals surface area contributed by atoms with Crippen molar-refractivity contribution in [1.82, 2.24) is 10.2 Å². The second-order valence-electron chi connectivity index (χ2n) is 2.83. The van der Waals surface area contributed by atoms with Crippen LogP contribution in [0.2, 0.25) is 5.02 Å². The van der Waals surface area contributed by atoms with Crippen molar-refractivity contribution in [3.05, 3.63) is 41.0 Å². The molecule has 0 spiro atoms. The number of H-pyrrole nitrogens is 1. The smallest absolute Gasteiger partial charge is 0.100 e. The van der Waals surface area contributed by atoms with Crippen LogP contribution in [0.15, 0.2) is 24.3 Å². The van der Waals surface area contributed by atoms with Crippen molar-refractivity contribution in [2.24, 2.45) is 0 Å². The largest absolute Gasteiger partial charge is 0.282 e. The maximum Gasteiger partial charge on any atom is 0.100 e. The Morgan fingerprint density at radius 3 is 2.54 bits per heavy atom. The molecule has 0 unspecified atom stereocenters. The summed E-state index contributed by atoms with van der Waals surface area (Å²) in [7, 11) is 0. The van der Waals surface area contributed by atoms with Crippen molar-refractivity contribution in [2.45, 2.75) is 6.92 Å². The Hall–Kier alpha value is -1.28. The van der Waals surface area contributed by atoms with Crippen LogP contribution in [0, 0.1) is 13.0 Å². The number of halogens is 1. The molecule has 0 aliphatic carbocycles. The first-order valence-electron chi connectivity index (χ1n) is 3.96. The zero-order valence-electron chi connectivity index (χ0n) is 7.13. The highest BCUT2D eigenvalue weighted by atomic mass is 35.5. The molecular weight excluding hydrogens is 184 g/mol. The third-order valence-corrected chi connectivity index (χ3v) is 2.01. The van der Waals surface area contributed by atoms with Gasteiger partial charge < -0.3 is 0 Å². The number of benzene rings is 1. The van der Waals surface area contributed by atoms with Gasteiger partial charge in [0.15, 0.2) is 0 Å². The molecule has 13 heavy (non-hydrogen) atoms. The molecule has 1 N–H and O–H groups in total. The molecule has 65 valence electrons. The maximum absolute atomic E-state index is 5.77. The van der Waals surface area contributed by atoms with E-state index >= 15 is 0 Å². The number of rotatable bonds is 1. The van der Waals surface area contributed by atoms with Gasteiger partial charge in [0.25, 0.3) is 0 Å². The van der Waals surface area contributed by atoms with Crippen LogP contribution >= 0.6 is 11.6 Å². The minimum absolute atomic E-state index is 0.732. The fourth-order valence-corrected chi connectivity index (χ4v) is 1.24. The normalized spacial score (nSPS) is 10.3. The quantitative estimate of drug-likeness (QED) is 0.738. The van der Waals surface area contributed by atoms with E-state index in [2.05, 4.69) is 16.3 Å². The molecule has 0 aliphatic heterocycles. The van der Waals surface area contributed by atoms with Crippen LogP contribution in [-0.2, 0) is 0 Å². The molecule has 1 aromatic carbocycles. The molecular formula is C10H8ClN2. The van der Waals surface area contributed by atoms with E-state index in [4.69, 9.17) is 11.6 Å². The summed E-state index contributed by atoms with van der Waals surface area (Å²) in [5, 5.41) is 7.67. The summed E-state index contributed by atoms with van der Waals surface area (Å²) in [6, 6.07) is 10.6. The molecule has 2 aromatic rings. The van der Waals surface area contributed by atoms with Gasteiger partial charge in [0.2, 0.25) is 0 Å². The lowest BCUT2D eigenvalue weighted by molar-refractivity contribution is 1.05. The Balaban J connectivity index is 2.41. The summed E-state index contributed by atoms with van der Waals surface area (Å²) in [6.07, 6.45) is 0. The van der Waals surface area contributed by atoms with Crippen LogP contribution in [0.5, 0.6) is 0 Å². The van der Waals surface area contributed by atoms with Gasteiger partial charge in [-0.3, -0.25) is 5.10 Å². The molecule has 0 saturated carbocycles. The molecule has 0 bridgehead atoms. The van der Waals surface area contributed by atoms with Crippen LogP contribution in [0.4, 0.5) is 0 Å². The van der Waals surface area contributed by atoms with Crippen molar-refractivity contribution < 1.29 is 0 Å². The van der Waals surface area contributed by atoms with E-state index in [9.17, 15) is 0 Å². The average Bonchev–Trinajstić information content (AvgIpc) is 2.53. The van der Waals surface area contributed by atoms with Crippen LogP contribution in [-0.4, -0.2) is 10.2 Å². The van der Waals surface area contributed by atoms with Gasteiger partial charge in [-0.25, -0.2) is 0 Å². The Bertz CT molecular complexity index is 403. The van der Waals surface area contributed by atoms with E-state index < -0.39 is 0 Å². The van der Waals surface area contributed by atoms with Crippen molar-refractivity contribution in [3.8, 4) is 11.3 Å². The minimum Gasteiger partial charge on any atom is -0.282 e. The molecule has 0 amide bonds. The fourth-order valence-electron chi connectivity index (χ4n) is 1.12. The number of nitrogens with one attached hydrogen (secondary N) is 1. The van der Waals surface area contributed by atoms with E-state index in [1.54, 1.807) is 0 Å². The molecule has 2 rings (SSSR count). The summed E-state index contributed by atoms with van der Waals surface area (Å²) < 4.78 is 0. The standard InChI is InChI=1S/C10H8ClN2/c1-7-6-10(13-12-7)8-2-4-9(11)5-3-8/h2-5H,1H3,(H,12,13). The highest BCUT2D eigenvalue weighted by Gasteiger charge is 2.00. The lowest BCUT2D eigenvalue weighted by Gasteiger charge is -1.94. The SMILES string of the molecule is Cc1[c]c(-c2ccc(Cl)cc2)n[nH]1. The maximum atomic E-state index is 5.77. The van der Waals surface area contributed by atoms with Crippen molar-refractivity contribution in [2.75, 3.05) is 0 Å². The summed E-state index contributed by atoms with van der Waals surface area (Å²) in [4.78, 5) is 0. The van der Waals surface area contributed by atoms with E-state index in [1.807, 2.05) is 31.2 Å². The number of hydrogen-bond acceptors (Lipinski definition) is 1. The highest BCUT2D eigenvalue weighted by molar-refractivity contribution is 6.30. The Morgan fingerprint density at radius 1 is 1.31 bits per heavy atom. The Kier molecular flexibility index (Phi) is 2.07. The topological polar surface area (TPSA) is 28.7 Å². The lowest BCUT2D eigenvalue weighted by atomic mass is 10.1. The molecule has 2 nitrogen and oxygen atoms in total. The molecule has 0 saturated heterocycles. The number of aromatic nitrogens is 2. The highest BCUT2D eigenvalue weighted by Crippen LogP contribution is 2.19. The zero-order valence-corrected chi connectivity index (χ0v) is 7.89. The minimum atomic E-state index is 0.732. The Labute approximate surface area is 81.6 Å². The first kappa shape index (κ1) is 8.32. The predicted octanol–water partition coefficient (Wildman–Crippen LogP) is 2.84. The van der Waals surface area contributed by atoms with E-state index in [0.29, 0.717) is 0 Å². The van der Waals surface area contributed by atoms with Crippen LogP contribution in [0.25, 0.3) is 11.3 Å². The number of hydrogen-bond donors (Lipinski definition) is 1. The van der Waals surface area contributed by atoms with E-state index in [-0.39, 0.29) is 0 Å². The number of aryl methyl sites for hydroxylation is 1. The second-order valence-corrected chi connectivity index (χ2v) is 3.27. The number of aromatic amines is 1. The molecule has 0 fully saturated rings. The van der Waals surface area contributed by atoms with Gasteiger partial charge in [0.1, 0.15) is 5.69 Å². The molecule has 3 heteroatoms. The molecule has 1 aromatic heterocycles. The third-order valence-electron chi connectivity index (χ3n) is 1.76. The summed E-state index contributed by atoms with van der Waals surface area (Å²) in [5.74, 6) is 0. The van der Waals surface area contributed by atoms with Crippen molar-refractivity contribution in [1.29, 1.82) is 0 Å². The first-order valence-corrected chi connectivity index (χ1v) is 4.34. The average molecular weight is 192 g/mol. The van der Waals surface area contributed by atoms with Gasteiger partial charge in [-0.15, -0.1) is 0 Å². The second kappa shape index (κ2) is 3.23. The molecule has 0 aliphatic rings.